The van der Waals surface area contributed by atoms with E-state index in [0.29, 0.717) is 5.56 Å². The van der Waals surface area contributed by atoms with Gasteiger partial charge >= 0.3 is 0 Å². The summed E-state index contributed by atoms with van der Waals surface area (Å²) in [6.07, 6.45) is 0.269. The van der Waals surface area contributed by atoms with E-state index in [1.54, 1.807) is 18.2 Å². The van der Waals surface area contributed by atoms with Gasteiger partial charge in [-0.3, -0.25) is 15.0 Å². The van der Waals surface area contributed by atoms with E-state index in [1.165, 1.54) is 6.07 Å². The highest BCUT2D eigenvalue weighted by Gasteiger charge is 2.27. The number of nitro benzene ring substituents is 1. The molecule has 1 aromatic rings. The highest BCUT2D eigenvalue weighted by molar-refractivity contribution is 5.42. The first kappa shape index (κ1) is 13.5. The molecule has 100 valence electrons. The first-order valence-electron chi connectivity index (χ1n) is 6.29. The molecule has 1 fully saturated rings. The molecule has 0 aliphatic carbocycles. The van der Waals surface area contributed by atoms with Crippen molar-refractivity contribution < 1.29 is 4.92 Å². The molecule has 0 amide bonds. The minimum atomic E-state index is -0.373. The summed E-state index contributed by atoms with van der Waals surface area (Å²) in [5, 5.41) is 23.3. The summed E-state index contributed by atoms with van der Waals surface area (Å²) in [4.78, 5) is 12.9. The average molecular weight is 260 g/mol. The summed E-state index contributed by atoms with van der Waals surface area (Å²) < 4.78 is 0. The van der Waals surface area contributed by atoms with Gasteiger partial charge in [0.2, 0.25) is 0 Å². The van der Waals surface area contributed by atoms with Crippen molar-refractivity contribution in [1.29, 1.82) is 5.26 Å². The fourth-order valence-electron chi connectivity index (χ4n) is 2.45. The van der Waals surface area contributed by atoms with Crippen LogP contribution in [0.1, 0.15) is 18.0 Å². The van der Waals surface area contributed by atoms with Gasteiger partial charge in [0.05, 0.1) is 23.5 Å². The Morgan fingerprint density at radius 1 is 1.42 bits per heavy atom. The van der Waals surface area contributed by atoms with E-state index in [1.807, 2.05) is 0 Å². The van der Waals surface area contributed by atoms with Crippen molar-refractivity contribution in [2.24, 2.45) is 0 Å². The van der Waals surface area contributed by atoms with Gasteiger partial charge in [-0.25, -0.2) is 0 Å². The smallest absolute Gasteiger partial charge is 0.274 e. The lowest BCUT2D eigenvalue weighted by Crippen LogP contribution is -2.45. The maximum Gasteiger partial charge on any atom is 0.274 e. The Bertz CT molecular complexity index is 492. The maximum absolute atomic E-state index is 11.1. The zero-order chi connectivity index (χ0) is 13.7. The lowest BCUT2D eigenvalue weighted by Gasteiger charge is -2.33. The lowest BCUT2D eigenvalue weighted by atomic mass is 10.00. The number of nitro groups is 1. The molecule has 1 aliphatic heterocycles. The number of nitriles is 1. The minimum Gasteiger partial charge on any atom is -0.314 e. The Hall–Kier alpha value is -1.97. The molecule has 1 atom stereocenters. The van der Waals surface area contributed by atoms with Gasteiger partial charge in [0.25, 0.3) is 5.69 Å². The molecule has 0 spiro atoms. The van der Waals surface area contributed by atoms with E-state index in [9.17, 15) is 10.1 Å². The van der Waals surface area contributed by atoms with Crippen LogP contribution < -0.4 is 5.32 Å². The number of hydrogen-bond donors (Lipinski definition) is 1. The van der Waals surface area contributed by atoms with Crippen LogP contribution in [-0.4, -0.2) is 36.0 Å². The van der Waals surface area contributed by atoms with Crippen molar-refractivity contribution in [3.05, 3.63) is 39.9 Å². The predicted molar refractivity (Wildman–Crippen MR) is 70.5 cm³/mol. The number of rotatable bonds is 4. The van der Waals surface area contributed by atoms with Gasteiger partial charge in [0.15, 0.2) is 0 Å². The summed E-state index contributed by atoms with van der Waals surface area (Å²) >= 11 is 0. The topological polar surface area (TPSA) is 82.2 Å². The second kappa shape index (κ2) is 6.27. The van der Waals surface area contributed by atoms with E-state index < -0.39 is 0 Å². The number of nitrogens with zero attached hydrogens (tertiary/aromatic N) is 3. The molecule has 2 rings (SSSR count). The lowest BCUT2D eigenvalue weighted by molar-refractivity contribution is -0.386. The fraction of sp³-hybridized carbons (Fsp3) is 0.462. The standard InChI is InChI=1S/C13H16N4O2/c14-6-5-12(16-9-7-15-8-10-16)11-3-1-2-4-13(11)17(18)19/h1-4,12,15H,5,7-10H2/t12-/m1/s1. The van der Waals surface area contributed by atoms with Crippen molar-refractivity contribution in [3.63, 3.8) is 0 Å². The van der Waals surface area contributed by atoms with Gasteiger partial charge in [-0.2, -0.15) is 5.26 Å². The third-order valence-corrected chi connectivity index (χ3v) is 3.37. The molecule has 19 heavy (non-hydrogen) atoms. The first-order valence-corrected chi connectivity index (χ1v) is 6.29. The Morgan fingerprint density at radius 2 is 2.11 bits per heavy atom. The molecule has 1 saturated heterocycles. The number of para-hydroxylation sites is 1. The summed E-state index contributed by atoms with van der Waals surface area (Å²) in [6, 6.07) is 8.64. The van der Waals surface area contributed by atoms with Crippen LogP contribution in [0.4, 0.5) is 5.69 Å². The van der Waals surface area contributed by atoms with Crippen LogP contribution in [0.5, 0.6) is 0 Å². The molecule has 1 N–H and O–H groups in total. The number of benzene rings is 1. The molecule has 0 saturated carbocycles. The molecular weight excluding hydrogens is 244 g/mol. The summed E-state index contributed by atoms with van der Waals surface area (Å²) in [5.74, 6) is 0. The number of hydrogen-bond acceptors (Lipinski definition) is 5. The molecular formula is C13H16N4O2. The summed E-state index contributed by atoms with van der Waals surface area (Å²) in [7, 11) is 0. The molecule has 1 aromatic carbocycles. The van der Waals surface area contributed by atoms with Crippen molar-refractivity contribution in [3.8, 4) is 6.07 Å². The fourth-order valence-corrected chi connectivity index (χ4v) is 2.45. The van der Waals surface area contributed by atoms with Crippen molar-refractivity contribution in [2.75, 3.05) is 26.2 Å². The summed E-state index contributed by atoms with van der Waals surface area (Å²) in [6.45, 7) is 3.31. The van der Waals surface area contributed by atoms with Gasteiger partial charge in [0.1, 0.15) is 0 Å². The van der Waals surface area contributed by atoms with Gasteiger partial charge in [-0.05, 0) is 0 Å². The quantitative estimate of drug-likeness (QED) is 0.654. The minimum absolute atomic E-state index is 0.0984. The van der Waals surface area contributed by atoms with E-state index in [-0.39, 0.29) is 23.1 Å². The molecule has 1 aliphatic rings. The zero-order valence-electron chi connectivity index (χ0n) is 10.6. The Morgan fingerprint density at radius 3 is 2.74 bits per heavy atom. The van der Waals surface area contributed by atoms with Gasteiger partial charge < -0.3 is 5.32 Å². The Kier molecular flexibility index (Phi) is 4.44. The highest BCUT2D eigenvalue weighted by Crippen LogP contribution is 2.31. The van der Waals surface area contributed by atoms with Crippen molar-refractivity contribution in [2.45, 2.75) is 12.5 Å². The number of piperazine rings is 1. The predicted octanol–water partition coefficient (Wildman–Crippen LogP) is 1.45. The first-order chi connectivity index (χ1) is 9.24. The maximum atomic E-state index is 11.1. The third kappa shape index (κ3) is 3.08. The van der Waals surface area contributed by atoms with Gasteiger partial charge in [-0.15, -0.1) is 0 Å². The largest absolute Gasteiger partial charge is 0.314 e. The van der Waals surface area contributed by atoms with Crippen LogP contribution in [0.2, 0.25) is 0 Å². The van der Waals surface area contributed by atoms with Crippen LogP contribution in [0.3, 0.4) is 0 Å². The molecule has 1 heterocycles. The average Bonchev–Trinajstić information content (AvgIpc) is 2.45. The second-order valence-electron chi connectivity index (χ2n) is 4.48. The van der Waals surface area contributed by atoms with E-state index in [2.05, 4.69) is 16.3 Å². The Labute approximate surface area is 111 Å². The molecule has 0 unspecified atom stereocenters. The van der Waals surface area contributed by atoms with Crippen LogP contribution >= 0.6 is 0 Å². The van der Waals surface area contributed by atoms with Crippen molar-refractivity contribution in [1.82, 2.24) is 10.2 Å². The third-order valence-electron chi connectivity index (χ3n) is 3.37. The second-order valence-corrected chi connectivity index (χ2v) is 4.48. The molecule has 0 radical (unpaired) electrons. The summed E-state index contributed by atoms with van der Waals surface area (Å²) in [5.41, 5.74) is 0.734. The molecule has 0 aromatic heterocycles. The Balaban J connectivity index is 2.33. The molecule has 6 nitrogen and oxygen atoms in total. The highest BCUT2D eigenvalue weighted by atomic mass is 16.6. The van der Waals surface area contributed by atoms with Crippen LogP contribution in [-0.2, 0) is 0 Å². The van der Waals surface area contributed by atoms with Gasteiger partial charge in [0, 0.05) is 37.8 Å². The van der Waals surface area contributed by atoms with Crippen LogP contribution in [0.15, 0.2) is 24.3 Å². The van der Waals surface area contributed by atoms with Crippen LogP contribution in [0.25, 0.3) is 0 Å². The number of nitrogens with one attached hydrogen (secondary N) is 1. The van der Waals surface area contributed by atoms with E-state index >= 15 is 0 Å². The van der Waals surface area contributed by atoms with Gasteiger partial charge in [-0.1, -0.05) is 18.2 Å². The molecule has 0 bridgehead atoms. The normalized spacial score (nSPS) is 17.6. The SMILES string of the molecule is N#CC[C@H](c1ccccc1[N+](=O)[O-])N1CCNCC1. The van der Waals surface area contributed by atoms with E-state index in [4.69, 9.17) is 5.26 Å². The van der Waals surface area contributed by atoms with E-state index in [0.717, 1.165) is 26.2 Å². The monoisotopic (exact) mass is 260 g/mol. The molecule has 6 heteroatoms. The zero-order valence-corrected chi connectivity index (χ0v) is 10.6. The van der Waals surface area contributed by atoms with Crippen LogP contribution in [0, 0.1) is 21.4 Å². The van der Waals surface area contributed by atoms with Crippen molar-refractivity contribution >= 4 is 5.69 Å².